The summed E-state index contributed by atoms with van der Waals surface area (Å²) in [6.07, 6.45) is 5.91. The Morgan fingerprint density at radius 1 is 0.821 bits per heavy atom. The minimum absolute atomic E-state index is 0.152. The Bertz CT molecular complexity index is 981. The van der Waals surface area contributed by atoms with E-state index in [1.54, 1.807) is 0 Å². The van der Waals surface area contributed by atoms with Crippen LogP contribution < -0.4 is 0 Å². The molecule has 1 heterocycles. The van der Waals surface area contributed by atoms with Gasteiger partial charge in [0.2, 0.25) is 0 Å². The topological polar surface area (TPSA) is 3.24 Å². The van der Waals surface area contributed by atoms with Crippen molar-refractivity contribution in [2.45, 2.75) is 31.2 Å². The van der Waals surface area contributed by atoms with Gasteiger partial charge in [0.05, 0.1) is 6.04 Å². The van der Waals surface area contributed by atoms with Crippen LogP contribution in [0, 0.1) is 11.8 Å². The first-order chi connectivity index (χ1) is 13.9. The molecule has 0 aliphatic carbocycles. The molecule has 28 heavy (non-hydrogen) atoms. The number of hydrogen-bond acceptors (Lipinski definition) is 1. The van der Waals surface area contributed by atoms with Gasteiger partial charge in [-0.25, -0.2) is 0 Å². The second-order valence-corrected chi connectivity index (χ2v) is 7.51. The van der Waals surface area contributed by atoms with Gasteiger partial charge in [0.25, 0.3) is 0 Å². The maximum absolute atomic E-state index is 4.16. The van der Waals surface area contributed by atoms with Gasteiger partial charge in [-0.2, -0.15) is 0 Å². The van der Waals surface area contributed by atoms with Crippen LogP contribution in [0.5, 0.6) is 0 Å². The van der Waals surface area contributed by atoms with Gasteiger partial charge in [-0.05, 0) is 48.3 Å². The van der Waals surface area contributed by atoms with Crippen molar-refractivity contribution >= 4 is 10.8 Å². The summed E-state index contributed by atoms with van der Waals surface area (Å²) in [5.74, 6) is 7.39. The largest absolute Gasteiger partial charge is 0.289 e. The highest BCUT2D eigenvalue weighted by atomic mass is 15.2. The summed E-state index contributed by atoms with van der Waals surface area (Å²) in [6, 6.07) is 25.7. The van der Waals surface area contributed by atoms with Crippen LogP contribution in [0.25, 0.3) is 10.8 Å². The molecule has 0 bridgehead atoms. The summed E-state index contributed by atoms with van der Waals surface area (Å²) in [5.41, 5.74) is 2.40. The van der Waals surface area contributed by atoms with Crippen molar-refractivity contribution < 1.29 is 0 Å². The molecule has 1 aliphatic rings. The number of nitrogens with zero attached hydrogens (tertiary/aromatic N) is 1. The normalized spacial score (nSPS) is 16.7. The van der Waals surface area contributed by atoms with Gasteiger partial charge in [-0.1, -0.05) is 91.1 Å². The quantitative estimate of drug-likeness (QED) is 0.404. The Morgan fingerprint density at radius 3 is 2.32 bits per heavy atom. The molecule has 2 unspecified atom stereocenters. The van der Waals surface area contributed by atoms with E-state index in [1.165, 1.54) is 35.6 Å². The molecule has 0 radical (unpaired) electrons. The van der Waals surface area contributed by atoms with Gasteiger partial charge in [0, 0.05) is 11.5 Å². The number of rotatable bonds is 4. The number of fused-ring (bicyclic) bond motifs is 1. The molecule has 2 atom stereocenters. The summed E-state index contributed by atoms with van der Waals surface area (Å²) in [7, 11) is 0. The van der Waals surface area contributed by atoms with E-state index in [0.717, 1.165) is 18.7 Å². The lowest BCUT2D eigenvalue weighted by Gasteiger charge is -2.35. The van der Waals surface area contributed by atoms with Crippen LogP contribution in [0.2, 0.25) is 0 Å². The van der Waals surface area contributed by atoms with Crippen LogP contribution >= 0.6 is 0 Å². The third kappa shape index (κ3) is 4.03. The van der Waals surface area contributed by atoms with Crippen LogP contribution in [0.1, 0.15) is 36.3 Å². The van der Waals surface area contributed by atoms with Gasteiger partial charge in [0.15, 0.2) is 0 Å². The first-order valence-corrected chi connectivity index (χ1v) is 10.3. The molecule has 0 aromatic heterocycles. The van der Waals surface area contributed by atoms with Crippen molar-refractivity contribution in [1.29, 1.82) is 0 Å². The summed E-state index contributed by atoms with van der Waals surface area (Å²) < 4.78 is 0. The molecule has 3 aromatic carbocycles. The average Bonchev–Trinajstić information content (AvgIpc) is 2.78. The molecule has 140 valence electrons. The predicted octanol–water partition coefficient (Wildman–Crippen LogP) is 6.02. The molecular weight excluding hydrogens is 338 g/mol. The zero-order valence-corrected chi connectivity index (χ0v) is 16.4. The minimum Gasteiger partial charge on any atom is -0.289 e. The predicted molar refractivity (Wildman–Crippen MR) is 119 cm³/mol. The summed E-state index contributed by atoms with van der Waals surface area (Å²) in [4.78, 5) is 2.56. The van der Waals surface area contributed by atoms with Crippen molar-refractivity contribution in [2.75, 3.05) is 13.1 Å². The van der Waals surface area contributed by atoms with Gasteiger partial charge in [0.1, 0.15) is 0 Å². The highest BCUT2D eigenvalue weighted by Gasteiger charge is 2.26. The van der Waals surface area contributed by atoms with E-state index in [9.17, 15) is 0 Å². The summed E-state index contributed by atoms with van der Waals surface area (Å²) >= 11 is 0. The second-order valence-electron chi connectivity index (χ2n) is 7.51. The molecule has 4 rings (SSSR count). The zero-order valence-electron chi connectivity index (χ0n) is 16.4. The van der Waals surface area contributed by atoms with E-state index in [2.05, 4.69) is 102 Å². The number of piperidine rings is 1. The maximum Gasteiger partial charge on any atom is 0.0822 e. The first-order valence-electron chi connectivity index (χ1n) is 10.3. The highest BCUT2D eigenvalue weighted by molar-refractivity contribution is 5.88. The lowest BCUT2D eigenvalue weighted by atomic mass is 9.89. The Morgan fingerprint density at radius 2 is 1.54 bits per heavy atom. The number of benzene rings is 3. The van der Waals surface area contributed by atoms with Crippen LogP contribution in [-0.4, -0.2) is 24.0 Å². The maximum atomic E-state index is 4.16. The molecule has 1 fully saturated rings. The SMILES string of the molecule is C=CC(c1ccccc1)C(C#Cc1cccc2ccccc12)N1CCCCC1. The summed E-state index contributed by atoms with van der Waals surface area (Å²) in [5, 5.41) is 2.47. The Hall–Kier alpha value is -2.82. The Labute approximate surface area is 168 Å². The van der Waals surface area contributed by atoms with Crippen molar-refractivity contribution in [2.24, 2.45) is 0 Å². The van der Waals surface area contributed by atoms with Gasteiger partial charge >= 0.3 is 0 Å². The third-order valence-electron chi connectivity index (χ3n) is 5.71. The molecule has 0 amide bonds. The molecule has 1 nitrogen and oxygen atoms in total. The number of likely N-dealkylation sites (tertiary alicyclic amines) is 1. The minimum atomic E-state index is 0.152. The van der Waals surface area contributed by atoms with Crippen LogP contribution in [-0.2, 0) is 0 Å². The van der Waals surface area contributed by atoms with Crippen molar-refractivity contribution in [3.05, 3.63) is 96.6 Å². The Kier molecular flexibility index (Phi) is 5.90. The fraction of sp³-hybridized carbons (Fsp3) is 0.259. The van der Waals surface area contributed by atoms with Gasteiger partial charge < -0.3 is 0 Å². The van der Waals surface area contributed by atoms with Gasteiger partial charge in [-0.3, -0.25) is 4.90 Å². The molecule has 1 saturated heterocycles. The van der Waals surface area contributed by atoms with E-state index >= 15 is 0 Å². The fourth-order valence-electron chi connectivity index (χ4n) is 4.21. The summed E-state index contributed by atoms with van der Waals surface area (Å²) in [6.45, 7) is 6.40. The van der Waals surface area contributed by atoms with E-state index < -0.39 is 0 Å². The zero-order chi connectivity index (χ0) is 19.2. The van der Waals surface area contributed by atoms with Gasteiger partial charge in [-0.15, -0.1) is 6.58 Å². The smallest absolute Gasteiger partial charge is 0.0822 e. The van der Waals surface area contributed by atoms with Crippen LogP contribution in [0.3, 0.4) is 0 Å². The van der Waals surface area contributed by atoms with E-state index in [-0.39, 0.29) is 12.0 Å². The van der Waals surface area contributed by atoms with E-state index in [1.807, 2.05) is 0 Å². The molecule has 0 N–H and O–H groups in total. The van der Waals surface area contributed by atoms with Crippen molar-refractivity contribution in [3.63, 3.8) is 0 Å². The van der Waals surface area contributed by atoms with Crippen LogP contribution in [0.4, 0.5) is 0 Å². The lowest BCUT2D eigenvalue weighted by Crippen LogP contribution is -2.41. The molecule has 1 heteroatoms. The third-order valence-corrected chi connectivity index (χ3v) is 5.71. The Balaban J connectivity index is 1.74. The molecule has 1 aliphatic heterocycles. The highest BCUT2D eigenvalue weighted by Crippen LogP contribution is 2.27. The first kappa shape index (κ1) is 18.5. The molecular formula is C27H27N. The average molecular weight is 366 g/mol. The fourth-order valence-corrected chi connectivity index (χ4v) is 4.21. The standard InChI is InChI=1S/C27H27N/c1-2-25(22-12-5-3-6-13-22)27(28-20-9-4-10-21-28)19-18-24-16-11-15-23-14-7-8-17-26(23)24/h2-3,5-8,11-17,25,27H,1,4,9-10,20-21H2. The van der Waals surface area contributed by atoms with Crippen molar-refractivity contribution in [1.82, 2.24) is 4.90 Å². The van der Waals surface area contributed by atoms with E-state index in [4.69, 9.17) is 0 Å². The van der Waals surface area contributed by atoms with Crippen LogP contribution in [0.15, 0.2) is 85.5 Å². The molecule has 0 saturated carbocycles. The second kappa shape index (κ2) is 8.91. The lowest BCUT2D eigenvalue weighted by molar-refractivity contribution is 0.186. The molecule has 3 aromatic rings. The molecule has 0 spiro atoms. The van der Waals surface area contributed by atoms with Crippen molar-refractivity contribution in [3.8, 4) is 11.8 Å². The number of hydrogen-bond donors (Lipinski definition) is 0. The monoisotopic (exact) mass is 365 g/mol. The van der Waals surface area contributed by atoms with E-state index in [0.29, 0.717) is 0 Å².